The molecule has 1 aliphatic carbocycles. The summed E-state index contributed by atoms with van der Waals surface area (Å²) >= 11 is 6.25. The Hall–Kier alpha value is -2.31. The van der Waals surface area contributed by atoms with E-state index in [-0.39, 0.29) is 12.2 Å². The highest BCUT2D eigenvalue weighted by molar-refractivity contribution is 6.32. The lowest BCUT2D eigenvalue weighted by Crippen LogP contribution is -2.26. The summed E-state index contributed by atoms with van der Waals surface area (Å²) in [6.45, 7) is 0. The number of rotatable bonds is 4. The molecule has 1 aliphatic rings. The van der Waals surface area contributed by atoms with E-state index in [1.807, 2.05) is 30.3 Å². The van der Waals surface area contributed by atoms with Gasteiger partial charge in [-0.1, -0.05) is 11.6 Å². The molecule has 0 aliphatic heterocycles. The number of hydrogen-bond acceptors (Lipinski definition) is 5. The van der Waals surface area contributed by atoms with E-state index >= 15 is 0 Å². The van der Waals surface area contributed by atoms with Gasteiger partial charge in [0.1, 0.15) is 11.9 Å². The Morgan fingerprint density at radius 3 is 2.69 bits per heavy atom. The second-order valence-corrected chi connectivity index (χ2v) is 6.89. The number of benzene rings is 1. The molecular formula is C19H20ClN3O3. The van der Waals surface area contributed by atoms with Crippen LogP contribution in [0.1, 0.15) is 25.7 Å². The van der Waals surface area contributed by atoms with Gasteiger partial charge in [-0.3, -0.25) is 0 Å². The summed E-state index contributed by atoms with van der Waals surface area (Å²) in [4.78, 5) is 4.40. The molecule has 2 aromatic heterocycles. The van der Waals surface area contributed by atoms with Crippen molar-refractivity contribution in [1.82, 2.24) is 14.6 Å². The van der Waals surface area contributed by atoms with Crippen molar-refractivity contribution in [2.75, 3.05) is 7.11 Å². The molecule has 1 saturated carbocycles. The molecule has 26 heavy (non-hydrogen) atoms. The summed E-state index contributed by atoms with van der Waals surface area (Å²) in [5, 5.41) is 14.8. The third-order valence-electron chi connectivity index (χ3n) is 4.72. The zero-order valence-corrected chi connectivity index (χ0v) is 15.2. The van der Waals surface area contributed by atoms with E-state index in [1.54, 1.807) is 17.8 Å². The Kier molecular flexibility index (Phi) is 4.70. The third kappa shape index (κ3) is 3.34. The number of aliphatic hydroxyl groups excluding tert-OH is 1. The normalized spacial score (nSPS) is 20.3. The van der Waals surface area contributed by atoms with Crippen LogP contribution in [0.15, 0.2) is 36.5 Å². The fourth-order valence-electron chi connectivity index (χ4n) is 3.28. The summed E-state index contributed by atoms with van der Waals surface area (Å²) in [6, 6.07) is 9.30. The van der Waals surface area contributed by atoms with Gasteiger partial charge in [0.25, 0.3) is 0 Å². The number of ether oxygens (including phenoxy) is 2. The van der Waals surface area contributed by atoms with Gasteiger partial charge in [-0.2, -0.15) is 0 Å². The zero-order valence-electron chi connectivity index (χ0n) is 14.4. The van der Waals surface area contributed by atoms with Crippen LogP contribution in [0.2, 0.25) is 5.02 Å². The molecule has 0 spiro atoms. The average Bonchev–Trinajstić information content (AvgIpc) is 3.07. The molecule has 136 valence electrons. The smallest absolute Gasteiger partial charge is 0.232 e. The summed E-state index contributed by atoms with van der Waals surface area (Å²) in [7, 11) is 1.59. The Balaban J connectivity index is 1.63. The van der Waals surface area contributed by atoms with Gasteiger partial charge < -0.3 is 14.6 Å². The van der Waals surface area contributed by atoms with Crippen LogP contribution in [0.25, 0.3) is 16.9 Å². The van der Waals surface area contributed by atoms with E-state index in [4.69, 9.17) is 21.1 Å². The number of methoxy groups -OCH3 is 1. The number of aromatic nitrogens is 3. The number of fused-ring (bicyclic) bond motifs is 1. The molecule has 0 atom stereocenters. The highest BCUT2D eigenvalue weighted by Crippen LogP contribution is 2.31. The number of imidazole rings is 1. The number of aliphatic hydroxyl groups is 1. The zero-order chi connectivity index (χ0) is 18.1. The van der Waals surface area contributed by atoms with Gasteiger partial charge in [0.15, 0.2) is 5.65 Å². The van der Waals surface area contributed by atoms with E-state index in [1.165, 1.54) is 0 Å². The van der Waals surface area contributed by atoms with Crippen molar-refractivity contribution < 1.29 is 14.6 Å². The van der Waals surface area contributed by atoms with Gasteiger partial charge in [-0.05, 0) is 49.9 Å². The van der Waals surface area contributed by atoms with E-state index in [2.05, 4.69) is 10.1 Å². The molecule has 1 aromatic carbocycles. The quantitative estimate of drug-likeness (QED) is 0.754. The number of hydrogen-bond donors (Lipinski definition) is 1. The van der Waals surface area contributed by atoms with Crippen molar-refractivity contribution in [2.45, 2.75) is 37.9 Å². The first-order chi connectivity index (χ1) is 12.6. The monoisotopic (exact) mass is 373 g/mol. The van der Waals surface area contributed by atoms with Crippen LogP contribution in [0.5, 0.6) is 11.6 Å². The Morgan fingerprint density at radius 2 is 1.96 bits per heavy atom. The SMILES string of the molecule is COc1ccc(-c2cnc3ccc(OC4CCC(O)CC4)nn23)cc1Cl. The van der Waals surface area contributed by atoms with E-state index in [0.717, 1.165) is 42.6 Å². The molecule has 0 unspecified atom stereocenters. The lowest BCUT2D eigenvalue weighted by Gasteiger charge is -2.25. The molecule has 3 aromatic rings. The second kappa shape index (κ2) is 7.13. The van der Waals surface area contributed by atoms with Gasteiger partial charge in [-0.15, -0.1) is 5.10 Å². The average molecular weight is 374 g/mol. The van der Waals surface area contributed by atoms with Gasteiger partial charge in [0.05, 0.1) is 30.1 Å². The van der Waals surface area contributed by atoms with E-state index < -0.39 is 0 Å². The maximum absolute atomic E-state index is 9.63. The molecule has 4 rings (SSSR count). The van der Waals surface area contributed by atoms with Gasteiger partial charge in [0, 0.05) is 11.6 Å². The van der Waals surface area contributed by atoms with Crippen molar-refractivity contribution in [3.05, 3.63) is 41.6 Å². The summed E-state index contributed by atoms with van der Waals surface area (Å²) in [5.74, 6) is 1.18. The third-order valence-corrected chi connectivity index (χ3v) is 5.01. The molecule has 2 heterocycles. The summed E-state index contributed by atoms with van der Waals surface area (Å²) in [5.41, 5.74) is 2.46. The molecule has 0 bridgehead atoms. The predicted octanol–water partition coefficient (Wildman–Crippen LogP) is 3.74. The summed E-state index contributed by atoms with van der Waals surface area (Å²) < 4.78 is 13.0. The van der Waals surface area contributed by atoms with Crippen LogP contribution in [0.4, 0.5) is 0 Å². The van der Waals surface area contributed by atoms with Crippen LogP contribution < -0.4 is 9.47 Å². The molecular weight excluding hydrogens is 354 g/mol. The second-order valence-electron chi connectivity index (χ2n) is 6.48. The van der Waals surface area contributed by atoms with Crippen LogP contribution >= 0.6 is 11.6 Å². The minimum absolute atomic E-state index is 0.0887. The maximum atomic E-state index is 9.63. The molecule has 1 N–H and O–H groups in total. The number of halogens is 1. The topological polar surface area (TPSA) is 68.9 Å². The van der Waals surface area contributed by atoms with E-state index in [0.29, 0.717) is 16.7 Å². The first-order valence-electron chi connectivity index (χ1n) is 8.67. The predicted molar refractivity (Wildman–Crippen MR) is 98.9 cm³/mol. The van der Waals surface area contributed by atoms with Crippen molar-refractivity contribution >= 4 is 17.2 Å². The van der Waals surface area contributed by atoms with E-state index in [9.17, 15) is 5.11 Å². The van der Waals surface area contributed by atoms with Crippen LogP contribution in [-0.4, -0.2) is 39.0 Å². The lowest BCUT2D eigenvalue weighted by molar-refractivity contribution is 0.0637. The van der Waals surface area contributed by atoms with Gasteiger partial charge in [-0.25, -0.2) is 9.50 Å². The van der Waals surface area contributed by atoms with Crippen molar-refractivity contribution in [3.63, 3.8) is 0 Å². The molecule has 0 amide bonds. The molecule has 7 heteroatoms. The highest BCUT2D eigenvalue weighted by Gasteiger charge is 2.21. The van der Waals surface area contributed by atoms with Crippen LogP contribution in [0.3, 0.4) is 0 Å². The Labute approximate surface area is 156 Å². The number of nitrogens with zero attached hydrogens (tertiary/aromatic N) is 3. The Bertz CT molecular complexity index is 920. The van der Waals surface area contributed by atoms with Crippen molar-refractivity contribution in [3.8, 4) is 22.9 Å². The standard InChI is InChI=1S/C19H20ClN3O3/c1-25-17-7-2-12(10-15(17)20)16-11-21-18-8-9-19(22-23(16)18)26-14-5-3-13(24)4-6-14/h2,7-11,13-14,24H,3-6H2,1H3. The fraction of sp³-hybridized carbons (Fsp3) is 0.368. The lowest BCUT2D eigenvalue weighted by atomic mass is 9.95. The maximum Gasteiger partial charge on any atom is 0.232 e. The minimum atomic E-state index is -0.203. The molecule has 0 radical (unpaired) electrons. The van der Waals surface area contributed by atoms with Gasteiger partial charge in [0.2, 0.25) is 5.88 Å². The largest absolute Gasteiger partial charge is 0.495 e. The summed E-state index contributed by atoms with van der Waals surface area (Å²) in [6.07, 6.45) is 4.87. The van der Waals surface area contributed by atoms with Gasteiger partial charge >= 0.3 is 0 Å². The minimum Gasteiger partial charge on any atom is -0.495 e. The molecule has 1 fully saturated rings. The van der Waals surface area contributed by atoms with Crippen molar-refractivity contribution in [2.24, 2.45) is 0 Å². The van der Waals surface area contributed by atoms with Crippen LogP contribution in [-0.2, 0) is 0 Å². The highest BCUT2D eigenvalue weighted by atomic mass is 35.5. The molecule has 6 nitrogen and oxygen atoms in total. The van der Waals surface area contributed by atoms with Crippen molar-refractivity contribution in [1.29, 1.82) is 0 Å². The Morgan fingerprint density at radius 1 is 1.15 bits per heavy atom. The first kappa shape index (κ1) is 17.1. The van der Waals surface area contributed by atoms with Crippen LogP contribution in [0, 0.1) is 0 Å². The molecule has 0 saturated heterocycles. The first-order valence-corrected chi connectivity index (χ1v) is 9.05. The fourth-order valence-corrected chi connectivity index (χ4v) is 3.53.